The van der Waals surface area contributed by atoms with Gasteiger partial charge in [-0.1, -0.05) is 0 Å². The Balaban J connectivity index is 1.51. The Kier molecular flexibility index (Phi) is 4.84. The molecule has 0 radical (unpaired) electrons. The number of aryl methyl sites for hydroxylation is 2. The van der Waals surface area contributed by atoms with Gasteiger partial charge in [0, 0.05) is 44.5 Å². The number of carbonyl (C=O) groups excluding carboxylic acids is 1. The Bertz CT molecular complexity index is 1420. The summed E-state index contributed by atoms with van der Waals surface area (Å²) in [5, 5.41) is 17.3. The van der Waals surface area contributed by atoms with Crippen LogP contribution in [0.1, 0.15) is 22.5 Å². The van der Waals surface area contributed by atoms with Gasteiger partial charge in [0.15, 0.2) is 11.5 Å². The molecular weight excluding hydrogens is 429 g/mol. The van der Waals surface area contributed by atoms with Crippen LogP contribution >= 0.6 is 0 Å². The lowest BCUT2D eigenvalue weighted by atomic mass is 10.3. The summed E-state index contributed by atoms with van der Waals surface area (Å²) >= 11 is 0. The summed E-state index contributed by atoms with van der Waals surface area (Å²) in [6, 6.07) is 6.37. The lowest BCUT2D eigenvalue weighted by Gasteiger charge is -2.11. The third-order valence-electron chi connectivity index (χ3n) is 5.56. The van der Waals surface area contributed by atoms with Crippen molar-refractivity contribution in [2.24, 2.45) is 7.05 Å². The maximum atomic E-state index is 13.2. The van der Waals surface area contributed by atoms with Crippen LogP contribution in [0.25, 0.3) is 11.5 Å². The minimum absolute atomic E-state index is 0.212. The summed E-state index contributed by atoms with van der Waals surface area (Å²) in [6.45, 7) is 1.90. The Morgan fingerprint density at radius 2 is 2.09 bits per heavy atom. The van der Waals surface area contributed by atoms with Crippen molar-refractivity contribution in [3.63, 3.8) is 0 Å². The van der Waals surface area contributed by atoms with Crippen molar-refractivity contribution in [1.29, 1.82) is 0 Å². The Morgan fingerprint density at radius 3 is 2.76 bits per heavy atom. The average Bonchev–Trinajstić information content (AvgIpc) is 3.16. The fourth-order valence-corrected chi connectivity index (χ4v) is 3.49. The van der Waals surface area contributed by atoms with Crippen molar-refractivity contribution >= 4 is 28.9 Å². The molecule has 4 heterocycles. The van der Waals surface area contributed by atoms with Crippen molar-refractivity contribution in [2.75, 3.05) is 17.7 Å². The van der Waals surface area contributed by atoms with Crippen molar-refractivity contribution < 1.29 is 9.18 Å². The lowest BCUT2D eigenvalue weighted by molar-refractivity contribution is 0.0949. The number of carbonyl (C=O) groups is 1. The van der Waals surface area contributed by atoms with Crippen LogP contribution in [-0.4, -0.2) is 54.1 Å². The van der Waals surface area contributed by atoms with E-state index in [0.717, 1.165) is 5.69 Å². The first-order valence-electron chi connectivity index (χ1n) is 10.4. The molecule has 12 heteroatoms. The maximum Gasteiger partial charge on any atom is 0.280 e. The summed E-state index contributed by atoms with van der Waals surface area (Å²) in [5.41, 5.74) is 1.37. The minimum Gasteiger partial charge on any atom is -0.373 e. The fourth-order valence-electron chi connectivity index (χ4n) is 3.49. The molecule has 0 unspecified atom stereocenters. The van der Waals surface area contributed by atoms with Crippen LogP contribution in [0.5, 0.6) is 0 Å². The molecule has 33 heavy (non-hydrogen) atoms. The van der Waals surface area contributed by atoms with Crippen molar-refractivity contribution in [2.45, 2.75) is 25.6 Å². The summed E-state index contributed by atoms with van der Waals surface area (Å²) in [5.74, 6) is 0.939. The molecule has 0 aliphatic heterocycles. The summed E-state index contributed by atoms with van der Waals surface area (Å²) in [4.78, 5) is 30.2. The predicted octanol–water partition coefficient (Wildman–Crippen LogP) is 1.55. The number of anilines is 3. The lowest BCUT2D eigenvalue weighted by Crippen LogP contribution is -2.27. The molecule has 4 aromatic heterocycles. The van der Waals surface area contributed by atoms with Gasteiger partial charge in [-0.15, -0.1) is 0 Å². The quantitative estimate of drug-likeness (QED) is 0.406. The number of nitrogens with zero attached hydrogens (tertiary/aromatic N) is 6. The van der Waals surface area contributed by atoms with E-state index in [-0.39, 0.29) is 22.5 Å². The molecule has 3 N–H and O–H groups in total. The number of aromatic nitrogens is 6. The molecule has 1 amide bonds. The zero-order valence-corrected chi connectivity index (χ0v) is 18.2. The highest BCUT2D eigenvalue weighted by Crippen LogP contribution is 2.26. The summed E-state index contributed by atoms with van der Waals surface area (Å²) in [7, 11) is 3.51. The highest BCUT2D eigenvalue weighted by Gasteiger charge is 2.39. The molecule has 0 bridgehead atoms. The number of rotatable bonds is 6. The first-order valence-corrected chi connectivity index (χ1v) is 10.4. The average molecular weight is 451 g/mol. The second-order valence-corrected chi connectivity index (χ2v) is 7.89. The van der Waals surface area contributed by atoms with E-state index in [1.807, 2.05) is 13.0 Å². The van der Waals surface area contributed by atoms with Gasteiger partial charge in [-0.25, -0.2) is 9.37 Å². The molecule has 1 fully saturated rings. The Labute approximate surface area is 187 Å². The van der Waals surface area contributed by atoms with Crippen molar-refractivity contribution in [3.8, 4) is 5.82 Å². The van der Waals surface area contributed by atoms with Crippen LogP contribution in [0, 0.1) is 6.92 Å². The van der Waals surface area contributed by atoms with Crippen molar-refractivity contribution in [1.82, 2.24) is 34.3 Å². The van der Waals surface area contributed by atoms with E-state index >= 15 is 0 Å². The van der Waals surface area contributed by atoms with Gasteiger partial charge in [-0.3, -0.25) is 18.8 Å². The molecule has 0 saturated heterocycles. The molecular formula is C21H22FN9O2. The minimum atomic E-state index is -1.02. The van der Waals surface area contributed by atoms with Gasteiger partial charge in [-0.05, 0) is 19.1 Å². The topological polar surface area (TPSA) is 123 Å². The molecule has 170 valence electrons. The molecule has 5 rings (SSSR count). The smallest absolute Gasteiger partial charge is 0.280 e. The standard InChI is InChI=1S/C21H22FN9O2/c1-11-7-18(28-29(11)3)30-6-4-5-14(21(30)33)25-16-9-17(23-2)31-19(27-16)12(10-24-31)20(32)26-15-8-13(15)22/h4-7,9-10,13,15,23H,8H2,1-3H3,(H,25,27)(H,26,32)/t13-,15+/m0/s1. The normalized spacial score (nSPS) is 17.2. The van der Waals surface area contributed by atoms with Gasteiger partial charge >= 0.3 is 0 Å². The fraction of sp³-hybridized carbons (Fsp3) is 0.286. The number of amides is 1. The number of pyridine rings is 1. The Hall–Kier alpha value is -4.22. The number of nitrogens with one attached hydrogen (secondary N) is 3. The molecule has 1 aliphatic carbocycles. The van der Waals surface area contributed by atoms with E-state index in [1.54, 1.807) is 43.2 Å². The molecule has 1 saturated carbocycles. The second-order valence-electron chi connectivity index (χ2n) is 7.89. The first-order chi connectivity index (χ1) is 15.9. The molecule has 0 spiro atoms. The van der Waals surface area contributed by atoms with Crippen LogP contribution in [0.4, 0.5) is 21.7 Å². The largest absolute Gasteiger partial charge is 0.373 e. The van der Waals surface area contributed by atoms with Crippen LogP contribution in [0.15, 0.2) is 41.5 Å². The zero-order chi connectivity index (χ0) is 23.3. The van der Waals surface area contributed by atoms with Crippen LogP contribution in [0.3, 0.4) is 0 Å². The van der Waals surface area contributed by atoms with E-state index in [9.17, 15) is 14.0 Å². The predicted molar refractivity (Wildman–Crippen MR) is 120 cm³/mol. The van der Waals surface area contributed by atoms with E-state index in [0.29, 0.717) is 23.9 Å². The number of hydrogen-bond donors (Lipinski definition) is 3. The summed E-state index contributed by atoms with van der Waals surface area (Å²) < 4.78 is 17.8. The maximum absolute atomic E-state index is 13.2. The third-order valence-corrected chi connectivity index (χ3v) is 5.56. The highest BCUT2D eigenvalue weighted by molar-refractivity contribution is 6.00. The van der Waals surface area contributed by atoms with Gasteiger partial charge in [-0.2, -0.15) is 14.7 Å². The van der Waals surface area contributed by atoms with Gasteiger partial charge in [0.1, 0.15) is 29.1 Å². The molecule has 1 aliphatic rings. The molecule has 4 aromatic rings. The second kappa shape index (κ2) is 7.73. The first kappa shape index (κ1) is 20.7. The molecule has 11 nitrogen and oxygen atoms in total. The number of fused-ring (bicyclic) bond motifs is 1. The number of hydrogen-bond acceptors (Lipinski definition) is 7. The van der Waals surface area contributed by atoms with E-state index in [2.05, 4.69) is 31.1 Å². The highest BCUT2D eigenvalue weighted by atomic mass is 19.1. The van der Waals surface area contributed by atoms with Crippen LogP contribution < -0.4 is 21.5 Å². The van der Waals surface area contributed by atoms with E-state index < -0.39 is 18.1 Å². The third kappa shape index (κ3) is 3.69. The van der Waals surface area contributed by atoms with E-state index in [4.69, 9.17) is 0 Å². The van der Waals surface area contributed by atoms with Gasteiger partial charge in [0.2, 0.25) is 0 Å². The van der Waals surface area contributed by atoms with Crippen LogP contribution in [-0.2, 0) is 7.05 Å². The van der Waals surface area contributed by atoms with Gasteiger partial charge in [0.25, 0.3) is 11.5 Å². The van der Waals surface area contributed by atoms with Gasteiger partial charge in [0.05, 0.1) is 12.2 Å². The zero-order valence-electron chi connectivity index (χ0n) is 18.2. The number of halogens is 1. The van der Waals surface area contributed by atoms with Gasteiger partial charge < -0.3 is 16.0 Å². The molecule has 0 aromatic carbocycles. The molecule has 2 atom stereocenters. The van der Waals surface area contributed by atoms with E-state index in [1.165, 1.54) is 15.3 Å². The summed E-state index contributed by atoms with van der Waals surface area (Å²) in [6.07, 6.45) is 2.32. The number of alkyl halides is 1. The Morgan fingerprint density at radius 1 is 1.30 bits per heavy atom. The SMILES string of the molecule is CNc1cc(Nc2cccn(-c3cc(C)n(C)n3)c2=O)nc2c(C(=O)N[C@@H]3C[C@@H]3F)cnn12. The van der Waals surface area contributed by atoms with Crippen LogP contribution in [0.2, 0.25) is 0 Å². The van der Waals surface area contributed by atoms with Crippen molar-refractivity contribution in [3.05, 3.63) is 58.3 Å². The monoisotopic (exact) mass is 451 g/mol.